The second-order valence-electron chi connectivity index (χ2n) is 9.05. The highest BCUT2D eigenvalue weighted by Crippen LogP contribution is 2.35. The van der Waals surface area contributed by atoms with Crippen LogP contribution in [0.2, 0.25) is 0 Å². The quantitative estimate of drug-likeness (QED) is 0.560. The van der Waals surface area contributed by atoms with Gasteiger partial charge in [-0.2, -0.15) is 0 Å². The first kappa shape index (κ1) is 21.0. The van der Waals surface area contributed by atoms with Crippen molar-refractivity contribution < 1.29 is 14.3 Å². The van der Waals surface area contributed by atoms with Crippen LogP contribution < -0.4 is 31.0 Å². The highest BCUT2D eigenvalue weighted by molar-refractivity contribution is 5.82. The van der Waals surface area contributed by atoms with Crippen molar-refractivity contribution in [3.8, 4) is 22.9 Å². The standard InChI is InChI=1S/C23H30N6O3/c1-13(2)26-23(30)20-12-31-18-6-3-14(10-19(18)32-20)22-24-8-7-21(28-22)27-16-4-5-17-15(9-16)11-25-29-17/h3,6-8,10,13,15-17,20,25,29H,4-5,9,11-12H2,1-2H3,(H,26,30)(H,24,27,28). The van der Waals surface area contributed by atoms with Gasteiger partial charge in [0.1, 0.15) is 12.4 Å². The van der Waals surface area contributed by atoms with Gasteiger partial charge in [0.2, 0.25) is 6.10 Å². The molecule has 1 amide bonds. The number of benzene rings is 1. The Kier molecular flexibility index (Phi) is 5.84. The Balaban J connectivity index is 1.29. The van der Waals surface area contributed by atoms with Gasteiger partial charge in [0, 0.05) is 36.4 Å². The topological polar surface area (TPSA) is 109 Å². The molecule has 4 unspecified atom stereocenters. The molecule has 1 saturated carbocycles. The fraction of sp³-hybridized carbons (Fsp3) is 0.522. The molecular weight excluding hydrogens is 408 g/mol. The Bertz CT molecular complexity index is 984. The van der Waals surface area contributed by atoms with E-state index >= 15 is 0 Å². The van der Waals surface area contributed by atoms with Crippen molar-refractivity contribution >= 4 is 11.7 Å². The number of ether oxygens (including phenoxy) is 2. The number of carbonyl (C=O) groups is 1. The smallest absolute Gasteiger partial charge is 0.264 e. The molecule has 2 aromatic rings. The molecule has 170 valence electrons. The zero-order chi connectivity index (χ0) is 22.1. The third kappa shape index (κ3) is 4.49. The van der Waals surface area contributed by atoms with E-state index in [4.69, 9.17) is 14.5 Å². The van der Waals surface area contributed by atoms with Gasteiger partial charge in [-0.05, 0) is 63.3 Å². The summed E-state index contributed by atoms with van der Waals surface area (Å²) in [5, 5.41) is 6.46. The molecule has 3 heterocycles. The Hall–Kier alpha value is -2.91. The summed E-state index contributed by atoms with van der Waals surface area (Å²) in [6.07, 6.45) is 4.47. The summed E-state index contributed by atoms with van der Waals surface area (Å²) in [6.45, 7) is 5.04. The molecule has 4 N–H and O–H groups in total. The Morgan fingerprint density at radius 3 is 3.00 bits per heavy atom. The molecule has 5 rings (SSSR count). The maximum atomic E-state index is 12.3. The van der Waals surface area contributed by atoms with Crippen LogP contribution in [-0.2, 0) is 4.79 Å². The number of hydrogen-bond acceptors (Lipinski definition) is 8. The van der Waals surface area contributed by atoms with Gasteiger partial charge >= 0.3 is 0 Å². The minimum Gasteiger partial charge on any atom is -0.485 e. The predicted molar refractivity (Wildman–Crippen MR) is 120 cm³/mol. The van der Waals surface area contributed by atoms with Crippen molar-refractivity contribution in [1.29, 1.82) is 0 Å². The SMILES string of the molecule is CC(C)NC(=O)C1COc2ccc(-c3nccc(NC4CCC5NNCC5C4)n3)cc2O1. The van der Waals surface area contributed by atoms with Crippen LogP contribution in [0.3, 0.4) is 0 Å². The lowest BCUT2D eigenvalue weighted by Gasteiger charge is -2.31. The van der Waals surface area contributed by atoms with Crippen molar-refractivity contribution in [3.63, 3.8) is 0 Å². The number of rotatable bonds is 5. The Labute approximate surface area is 187 Å². The lowest BCUT2D eigenvalue weighted by atomic mass is 9.83. The van der Waals surface area contributed by atoms with Crippen molar-refractivity contribution in [2.75, 3.05) is 18.5 Å². The maximum absolute atomic E-state index is 12.3. The molecule has 4 atom stereocenters. The molecule has 0 radical (unpaired) electrons. The number of fused-ring (bicyclic) bond motifs is 2. The van der Waals surface area contributed by atoms with Crippen molar-refractivity contribution in [2.45, 2.75) is 57.3 Å². The molecule has 2 aliphatic heterocycles. The highest BCUT2D eigenvalue weighted by Gasteiger charge is 2.34. The van der Waals surface area contributed by atoms with E-state index in [2.05, 4.69) is 26.5 Å². The van der Waals surface area contributed by atoms with Gasteiger partial charge in [-0.25, -0.2) is 9.97 Å². The average Bonchev–Trinajstić information content (AvgIpc) is 3.26. The summed E-state index contributed by atoms with van der Waals surface area (Å²) >= 11 is 0. The van der Waals surface area contributed by atoms with Crippen LogP contribution in [0.15, 0.2) is 30.5 Å². The molecule has 1 aromatic heterocycles. The van der Waals surface area contributed by atoms with Gasteiger partial charge in [-0.1, -0.05) is 0 Å². The minimum absolute atomic E-state index is 0.0405. The summed E-state index contributed by atoms with van der Waals surface area (Å²) in [4.78, 5) is 21.5. The number of amides is 1. The number of carbonyl (C=O) groups excluding carboxylic acids is 1. The number of nitrogens with one attached hydrogen (secondary N) is 4. The molecular formula is C23H30N6O3. The normalized spacial score (nSPS) is 26.5. The van der Waals surface area contributed by atoms with E-state index in [1.165, 1.54) is 0 Å². The Morgan fingerprint density at radius 2 is 2.12 bits per heavy atom. The van der Waals surface area contributed by atoms with E-state index in [0.29, 0.717) is 35.3 Å². The highest BCUT2D eigenvalue weighted by atomic mass is 16.6. The number of nitrogens with zero attached hydrogens (tertiary/aromatic N) is 2. The molecule has 1 aliphatic carbocycles. The van der Waals surface area contributed by atoms with E-state index in [9.17, 15) is 4.79 Å². The fourth-order valence-electron chi connectivity index (χ4n) is 4.64. The van der Waals surface area contributed by atoms with Crippen LogP contribution in [-0.4, -0.2) is 53.3 Å². The van der Waals surface area contributed by atoms with Gasteiger partial charge in [0.05, 0.1) is 0 Å². The number of hydrogen-bond donors (Lipinski definition) is 4. The second-order valence-corrected chi connectivity index (χ2v) is 9.05. The third-order valence-electron chi connectivity index (χ3n) is 6.23. The summed E-state index contributed by atoms with van der Waals surface area (Å²) in [6, 6.07) is 8.52. The van der Waals surface area contributed by atoms with Crippen molar-refractivity contribution in [2.24, 2.45) is 5.92 Å². The lowest BCUT2D eigenvalue weighted by Crippen LogP contribution is -2.46. The molecule has 0 bridgehead atoms. The molecule has 0 spiro atoms. The van der Waals surface area contributed by atoms with Crippen molar-refractivity contribution in [3.05, 3.63) is 30.5 Å². The van der Waals surface area contributed by atoms with Gasteiger partial charge in [-0.3, -0.25) is 15.6 Å². The van der Waals surface area contributed by atoms with Crippen LogP contribution in [0, 0.1) is 5.92 Å². The lowest BCUT2D eigenvalue weighted by molar-refractivity contribution is -0.130. The summed E-state index contributed by atoms with van der Waals surface area (Å²) in [5.41, 5.74) is 7.45. The van der Waals surface area contributed by atoms with E-state index in [1.54, 1.807) is 6.20 Å². The minimum atomic E-state index is -0.677. The van der Waals surface area contributed by atoms with Gasteiger partial charge in [-0.15, -0.1) is 0 Å². The molecule has 3 aliphatic rings. The third-order valence-corrected chi connectivity index (χ3v) is 6.23. The van der Waals surface area contributed by atoms with Crippen LogP contribution in [0.4, 0.5) is 5.82 Å². The summed E-state index contributed by atoms with van der Waals surface area (Å²) < 4.78 is 11.7. The summed E-state index contributed by atoms with van der Waals surface area (Å²) in [7, 11) is 0. The second kappa shape index (κ2) is 8.91. The fourth-order valence-corrected chi connectivity index (χ4v) is 4.64. The number of anilines is 1. The first-order valence-corrected chi connectivity index (χ1v) is 11.4. The van der Waals surface area contributed by atoms with Crippen LogP contribution in [0.1, 0.15) is 33.1 Å². The average molecular weight is 439 g/mol. The molecule has 1 saturated heterocycles. The predicted octanol–water partition coefficient (Wildman–Crippen LogP) is 1.86. The first-order chi connectivity index (χ1) is 15.5. The van der Waals surface area contributed by atoms with Crippen LogP contribution in [0.5, 0.6) is 11.5 Å². The number of aromatic nitrogens is 2. The largest absolute Gasteiger partial charge is 0.485 e. The van der Waals surface area contributed by atoms with E-state index in [1.807, 2.05) is 38.1 Å². The molecule has 9 nitrogen and oxygen atoms in total. The van der Waals surface area contributed by atoms with Crippen LogP contribution in [0.25, 0.3) is 11.4 Å². The van der Waals surface area contributed by atoms with E-state index in [-0.39, 0.29) is 18.6 Å². The van der Waals surface area contributed by atoms with Gasteiger partial charge < -0.3 is 20.1 Å². The van der Waals surface area contributed by atoms with Gasteiger partial charge in [0.15, 0.2) is 17.3 Å². The Morgan fingerprint density at radius 1 is 1.22 bits per heavy atom. The van der Waals surface area contributed by atoms with Gasteiger partial charge in [0.25, 0.3) is 5.91 Å². The maximum Gasteiger partial charge on any atom is 0.264 e. The monoisotopic (exact) mass is 438 g/mol. The first-order valence-electron chi connectivity index (χ1n) is 11.4. The summed E-state index contributed by atoms with van der Waals surface area (Å²) in [5.74, 6) is 3.04. The van der Waals surface area contributed by atoms with Crippen LogP contribution >= 0.6 is 0 Å². The van der Waals surface area contributed by atoms with E-state index < -0.39 is 6.10 Å². The molecule has 32 heavy (non-hydrogen) atoms. The molecule has 1 aromatic carbocycles. The molecule has 9 heteroatoms. The zero-order valence-corrected chi connectivity index (χ0v) is 18.4. The number of hydrazine groups is 1. The molecule has 2 fully saturated rings. The van der Waals surface area contributed by atoms with Crippen molar-refractivity contribution in [1.82, 2.24) is 26.1 Å². The zero-order valence-electron chi connectivity index (χ0n) is 18.4. The van der Waals surface area contributed by atoms with E-state index in [0.717, 1.165) is 37.2 Å².